The second-order valence-electron chi connectivity index (χ2n) is 4.61. The van der Waals surface area contributed by atoms with Gasteiger partial charge in [0.1, 0.15) is 0 Å². The number of nitrogens with zero attached hydrogens (tertiary/aromatic N) is 1. The fourth-order valence-corrected chi connectivity index (χ4v) is 1.89. The Kier molecular flexibility index (Phi) is 3.13. The van der Waals surface area contributed by atoms with Gasteiger partial charge in [-0.05, 0) is 46.1 Å². The fraction of sp³-hybridized carbons (Fsp3) is 1.00. The summed E-state index contributed by atoms with van der Waals surface area (Å²) in [5.74, 6) is 0.716. The van der Waals surface area contributed by atoms with Crippen LogP contribution in [0.1, 0.15) is 33.1 Å². The molecule has 1 rings (SSSR count). The highest BCUT2D eigenvalue weighted by Crippen LogP contribution is 2.30. The van der Waals surface area contributed by atoms with Crippen LogP contribution in [0.3, 0.4) is 0 Å². The Morgan fingerprint density at radius 3 is 2.67 bits per heavy atom. The fourth-order valence-electron chi connectivity index (χ4n) is 1.89. The van der Waals surface area contributed by atoms with Gasteiger partial charge in [0, 0.05) is 18.7 Å². The van der Waals surface area contributed by atoms with Gasteiger partial charge in [-0.1, -0.05) is 0 Å². The highest BCUT2D eigenvalue weighted by molar-refractivity contribution is 4.86. The first-order valence-corrected chi connectivity index (χ1v) is 4.88. The normalized spacial score (nSPS) is 30.5. The Labute approximate surface area is 75.6 Å². The predicted molar refractivity (Wildman–Crippen MR) is 51.1 cm³/mol. The lowest BCUT2D eigenvalue weighted by atomic mass is 9.84. The number of likely N-dealkylation sites (tertiary alicyclic amines) is 1. The van der Waals surface area contributed by atoms with Crippen molar-refractivity contribution in [1.82, 2.24) is 4.90 Å². The number of piperidine rings is 1. The topological polar surface area (TPSA) is 23.5 Å². The molecule has 2 heteroatoms. The van der Waals surface area contributed by atoms with Crippen molar-refractivity contribution < 1.29 is 5.11 Å². The molecule has 2 nitrogen and oxygen atoms in total. The van der Waals surface area contributed by atoms with Gasteiger partial charge in [-0.15, -0.1) is 0 Å². The summed E-state index contributed by atoms with van der Waals surface area (Å²) in [5.41, 5.74) is 0.367. The van der Waals surface area contributed by atoms with Crippen LogP contribution in [0.5, 0.6) is 0 Å². The van der Waals surface area contributed by atoms with Crippen LogP contribution in [0.4, 0.5) is 0 Å². The van der Waals surface area contributed by atoms with Crippen molar-refractivity contribution >= 4 is 0 Å². The third-order valence-electron chi connectivity index (χ3n) is 3.27. The van der Waals surface area contributed by atoms with Gasteiger partial charge in [0.2, 0.25) is 0 Å². The van der Waals surface area contributed by atoms with Crippen molar-refractivity contribution in [1.29, 1.82) is 0 Å². The zero-order valence-corrected chi connectivity index (χ0v) is 8.51. The van der Waals surface area contributed by atoms with Gasteiger partial charge in [-0.25, -0.2) is 0 Å². The smallest absolute Gasteiger partial charge is 0.0434 e. The summed E-state index contributed by atoms with van der Waals surface area (Å²) in [6.07, 6.45) is 3.51. The molecule has 0 saturated carbocycles. The maximum absolute atomic E-state index is 8.82. The summed E-state index contributed by atoms with van der Waals surface area (Å²) in [4.78, 5) is 2.41. The molecule has 1 unspecified atom stereocenters. The SMILES string of the molecule is CN1CC(CCO)CCC1(C)C. The molecule has 0 aromatic heterocycles. The minimum Gasteiger partial charge on any atom is -0.396 e. The van der Waals surface area contributed by atoms with E-state index in [0.29, 0.717) is 18.1 Å². The Morgan fingerprint density at radius 1 is 1.50 bits per heavy atom. The molecule has 0 bridgehead atoms. The van der Waals surface area contributed by atoms with Crippen LogP contribution < -0.4 is 0 Å². The van der Waals surface area contributed by atoms with Crippen molar-refractivity contribution in [2.45, 2.75) is 38.6 Å². The Bertz CT molecular complexity index is 145. The van der Waals surface area contributed by atoms with Gasteiger partial charge in [-0.3, -0.25) is 0 Å². The highest BCUT2D eigenvalue weighted by Gasteiger charge is 2.30. The molecule has 0 radical (unpaired) electrons. The summed E-state index contributed by atoms with van der Waals surface area (Å²) in [5, 5.41) is 8.82. The average molecular weight is 171 g/mol. The molecule has 0 spiro atoms. The van der Waals surface area contributed by atoms with Crippen molar-refractivity contribution in [3.8, 4) is 0 Å². The van der Waals surface area contributed by atoms with Crippen molar-refractivity contribution in [2.75, 3.05) is 20.2 Å². The lowest BCUT2D eigenvalue weighted by Crippen LogP contribution is -2.47. The van der Waals surface area contributed by atoms with E-state index >= 15 is 0 Å². The van der Waals surface area contributed by atoms with E-state index in [2.05, 4.69) is 25.8 Å². The third kappa shape index (κ3) is 2.20. The Morgan fingerprint density at radius 2 is 2.17 bits per heavy atom. The number of aliphatic hydroxyl groups excluding tert-OH is 1. The van der Waals surface area contributed by atoms with E-state index in [1.165, 1.54) is 12.8 Å². The average Bonchev–Trinajstić information content (AvgIpc) is 1.98. The predicted octanol–water partition coefficient (Wildman–Crippen LogP) is 1.49. The first kappa shape index (κ1) is 10.0. The zero-order valence-electron chi connectivity index (χ0n) is 8.51. The number of aliphatic hydroxyl groups is 1. The number of hydrogen-bond acceptors (Lipinski definition) is 2. The standard InChI is InChI=1S/C10H21NO/c1-10(2)6-4-9(5-7-12)8-11(10)3/h9,12H,4-8H2,1-3H3. The van der Waals surface area contributed by atoms with E-state index < -0.39 is 0 Å². The molecule has 0 aromatic rings. The van der Waals surface area contributed by atoms with Crippen molar-refractivity contribution in [2.24, 2.45) is 5.92 Å². The second-order valence-corrected chi connectivity index (χ2v) is 4.61. The van der Waals surface area contributed by atoms with Gasteiger partial charge < -0.3 is 10.0 Å². The lowest BCUT2D eigenvalue weighted by molar-refractivity contribution is 0.0617. The summed E-state index contributed by atoms with van der Waals surface area (Å²) in [7, 11) is 2.18. The molecule has 1 N–H and O–H groups in total. The number of hydrogen-bond donors (Lipinski definition) is 1. The minimum absolute atomic E-state index is 0.346. The molecule has 0 aliphatic carbocycles. The molecule has 1 aliphatic heterocycles. The largest absolute Gasteiger partial charge is 0.396 e. The van der Waals surface area contributed by atoms with Crippen LogP contribution in [0, 0.1) is 5.92 Å². The van der Waals surface area contributed by atoms with Gasteiger partial charge in [0.15, 0.2) is 0 Å². The van der Waals surface area contributed by atoms with Gasteiger partial charge >= 0.3 is 0 Å². The molecule has 0 amide bonds. The minimum atomic E-state index is 0.346. The Hall–Kier alpha value is -0.0800. The lowest BCUT2D eigenvalue weighted by Gasteiger charge is -2.43. The van der Waals surface area contributed by atoms with Crippen molar-refractivity contribution in [3.63, 3.8) is 0 Å². The van der Waals surface area contributed by atoms with Crippen LogP contribution in [0.15, 0.2) is 0 Å². The first-order valence-electron chi connectivity index (χ1n) is 4.88. The zero-order chi connectivity index (χ0) is 9.19. The maximum atomic E-state index is 8.82. The molecule has 1 aliphatic rings. The summed E-state index contributed by atoms with van der Waals surface area (Å²) < 4.78 is 0. The first-order chi connectivity index (χ1) is 5.56. The van der Waals surface area contributed by atoms with E-state index in [1.54, 1.807) is 0 Å². The highest BCUT2D eigenvalue weighted by atomic mass is 16.3. The molecule has 72 valence electrons. The molecular weight excluding hydrogens is 150 g/mol. The Balaban J connectivity index is 2.41. The third-order valence-corrected chi connectivity index (χ3v) is 3.27. The maximum Gasteiger partial charge on any atom is 0.0434 e. The molecular formula is C10H21NO. The summed E-state index contributed by atoms with van der Waals surface area (Å²) >= 11 is 0. The molecule has 0 aromatic carbocycles. The van der Waals surface area contributed by atoms with Crippen LogP contribution >= 0.6 is 0 Å². The quantitative estimate of drug-likeness (QED) is 0.680. The summed E-state index contributed by atoms with van der Waals surface area (Å²) in [6.45, 7) is 6.08. The van der Waals surface area contributed by atoms with Crippen LogP contribution in [0.2, 0.25) is 0 Å². The molecule has 1 atom stereocenters. The second kappa shape index (κ2) is 3.75. The van der Waals surface area contributed by atoms with E-state index in [0.717, 1.165) is 13.0 Å². The van der Waals surface area contributed by atoms with E-state index in [-0.39, 0.29) is 0 Å². The number of rotatable bonds is 2. The van der Waals surface area contributed by atoms with E-state index in [4.69, 9.17) is 5.11 Å². The molecule has 1 saturated heterocycles. The molecule has 1 heterocycles. The monoisotopic (exact) mass is 171 g/mol. The van der Waals surface area contributed by atoms with Crippen LogP contribution in [-0.2, 0) is 0 Å². The van der Waals surface area contributed by atoms with Gasteiger partial charge in [0.05, 0.1) is 0 Å². The van der Waals surface area contributed by atoms with Gasteiger partial charge in [0.25, 0.3) is 0 Å². The molecule has 12 heavy (non-hydrogen) atoms. The van der Waals surface area contributed by atoms with E-state index in [1.807, 2.05) is 0 Å². The van der Waals surface area contributed by atoms with Crippen molar-refractivity contribution in [3.05, 3.63) is 0 Å². The molecule has 1 fully saturated rings. The van der Waals surface area contributed by atoms with Gasteiger partial charge in [-0.2, -0.15) is 0 Å². The van der Waals surface area contributed by atoms with Crippen LogP contribution in [-0.4, -0.2) is 35.7 Å². The summed E-state index contributed by atoms with van der Waals surface area (Å²) in [6, 6.07) is 0. The van der Waals surface area contributed by atoms with E-state index in [9.17, 15) is 0 Å². The van der Waals surface area contributed by atoms with Crippen LogP contribution in [0.25, 0.3) is 0 Å².